The second-order valence-electron chi connectivity index (χ2n) is 9.16. The van der Waals surface area contributed by atoms with Crippen LogP contribution in [-0.4, -0.2) is 37.3 Å². The summed E-state index contributed by atoms with van der Waals surface area (Å²) in [6, 6.07) is 13.6. The van der Waals surface area contributed by atoms with Crippen LogP contribution in [0.5, 0.6) is 11.5 Å². The van der Waals surface area contributed by atoms with Gasteiger partial charge in [0, 0.05) is 19.0 Å². The summed E-state index contributed by atoms with van der Waals surface area (Å²) in [7, 11) is 1.53. The summed E-state index contributed by atoms with van der Waals surface area (Å²) in [6.07, 6.45) is 4.50. The van der Waals surface area contributed by atoms with Crippen LogP contribution in [0.4, 0.5) is 11.4 Å². The molecule has 180 valence electrons. The third-order valence-electron chi connectivity index (χ3n) is 7.00. The van der Waals surface area contributed by atoms with E-state index in [9.17, 15) is 19.2 Å². The van der Waals surface area contributed by atoms with Crippen LogP contribution in [0.25, 0.3) is 0 Å². The van der Waals surface area contributed by atoms with Crippen molar-refractivity contribution < 1.29 is 28.7 Å². The number of hydrogen-bond acceptors (Lipinski definition) is 6. The fraction of sp³-hybridized carbons (Fsp3) is 0.333. The number of para-hydroxylation sites is 2. The molecule has 2 aromatic carbocycles. The SMILES string of the molecule is COc1ccccc1N1C[C@H](C(=O)Oc2cccc(N3C(=O)[C@@H]4[C@H](C)C=CC[C@H]4C3=O)c2)CC1=O. The van der Waals surface area contributed by atoms with Crippen LogP contribution in [0.15, 0.2) is 60.7 Å². The number of fused-ring (bicyclic) bond motifs is 1. The number of carbonyl (C=O) groups excluding carboxylic acids is 4. The topological polar surface area (TPSA) is 93.2 Å². The summed E-state index contributed by atoms with van der Waals surface area (Å²) in [4.78, 5) is 54.4. The van der Waals surface area contributed by atoms with E-state index in [1.165, 1.54) is 23.0 Å². The number of carbonyl (C=O) groups is 4. The first kappa shape index (κ1) is 22.8. The monoisotopic (exact) mass is 474 g/mol. The molecule has 0 unspecified atom stereocenters. The number of anilines is 2. The highest BCUT2D eigenvalue weighted by molar-refractivity contribution is 6.22. The van der Waals surface area contributed by atoms with Gasteiger partial charge in [-0.3, -0.25) is 19.2 Å². The van der Waals surface area contributed by atoms with Gasteiger partial charge in [0.25, 0.3) is 0 Å². The van der Waals surface area contributed by atoms with Crippen LogP contribution in [0.2, 0.25) is 0 Å². The molecule has 35 heavy (non-hydrogen) atoms. The van der Waals surface area contributed by atoms with Gasteiger partial charge < -0.3 is 14.4 Å². The zero-order valence-corrected chi connectivity index (χ0v) is 19.5. The molecule has 1 aliphatic carbocycles. The number of nitrogens with zero attached hydrogens (tertiary/aromatic N) is 2. The van der Waals surface area contributed by atoms with Crippen molar-refractivity contribution in [2.24, 2.45) is 23.7 Å². The standard InChI is InChI=1S/C27H26N2O6/c1-16-7-5-10-20-24(16)26(32)29(25(20)31)18-8-6-9-19(14-18)35-27(33)17-13-23(30)28(15-17)21-11-3-4-12-22(21)34-2/h3-9,11-12,14,16-17,20,24H,10,13,15H2,1-2H3/t16-,17-,20-,24-/m1/s1. The number of rotatable bonds is 5. The fourth-order valence-corrected chi connectivity index (χ4v) is 5.24. The number of benzene rings is 2. The van der Waals surface area contributed by atoms with Crippen LogP contribution >= 0.6 is 0 Å². The Bertz CT molecular complexity index is 1240. The Morgan fingerprint density at radius 3 is 2.60 bits per heavy atom. The van der Waals surface area contributed by atoms with Crippen LogP contribution in [0.3, 0.4) is 0 Å². The maximum atomic E-state index is 13.1. The molecule has 8 heteroatoms. The molecule has 3 amide bonds. The molecule has 0 saturated carbocycles. The van der Waals surface area contributed by atoms with Gasteiger partial charge in [0.15, 0.2) is 0 Å². The van der Waals surface area contributed by atoms with Crippen molar-refractivity contribution in [3.63, 3.8) is 0 Å². The van der Waals surface area contributed by atoms with Crippen molar-refractivity contribution in [2.75, 3.05) is 23.5 Å². The van der Waals surface area contributed by atoms with Crippen molar-refractivity contribution in [3.05, 3.63) is 60.7 Å². The van der Waals surface area contributed by atoms with Gasteiger partial charge in [-0.2, -0.15) is 0 Å². The first-order valence-corrected chi connectivity index (χ1v) is 11.7. The quantitative estimate of drug-likeness (QED) is 0.286. The smallest absolute Gasteiger partial charge is 0.316 e. The Morgan fingerprint density at radius 2 is 1.83 bits per heavy atom. The zero-order chi connectivity index (χ0) is 24.7. The highest BCUT2D eigenvalue weighted by Crippen LogP contribution is 2.41. The minimum Gasteiger partial charge on any atom is -0.495 e. The van der Waals surface area contributed by atoms with Crippen LogP contribution in [0.1, 0.15) is 19.8 Å². The molecule has 2 aromatic rings. The molecule has 0 radical (unpaired) electrons. The molecule has 2 heterocycles. The Morgan fingerprint density at radius 1 is 1.03 bits per heavy atom. The Hall–Kier alpha value is -3.94. The summed E-state index contributed by atoms with van der Waals surface area (Å²) in [5.74, 6) is -1.82. The van der Waals surface area contributed by atoms with E-state index in [-0.39, 0.29) is 54.2 Å². The third-order valence-corrected chi connectivity index (χ3v) is 7.00. The van der Waals surface area contributed by atoms with Gasteiger partial charge in [0.1, 0.15) is 11.5 Å². The molecule has 0 spiro atoms. The lowest BCUT2D eigenvalue weighted by Gasteiger charge is -2.22. The van der Waals surface area contributed by atoms with Crippen LogP contribution in [-0.2, 0) is 19.2 Å². The summed E-state index contributed by atoms with van der Waals surface area (Å²) in [6.45, 7) is 2.12. The molecule has 2 saturated heterocycles. The van der Waals surface area contributed by atoms with E-state index < -0.39 is 11.9 Å². The lowest BCUT2D eigenvalue weighted by molar-refractivity contribution is -0.139. The van der Waals surface area contributed by atoms with Gasteiger partial charge in [-0.15, -0.1) is 0 Å². The van der Waals surface area contributed by atoms with E-state index in [4.69, 9.17) is 9.47 Å². The number of ether oxygens (including phenoxy) is 2. The van der Waals surface area contributed by atoms with Crippen LogP contribution < -0.4 is 19.3 Å². The number of esters is 1. The molecule has 2 aliphatic heterocycles. The van der Waals surface area contributed by atoms with Crippen molar-refractivity contribution in [2.45, 2.75) is 19.8 Å². The van der Waals surface area contributed by atoms with E-state index in [2.05, 4.69) is 0 Å². The van der Waals surface area contributed by atoms with Crippen LogP contribution in [0, 0.1) is 23.7 Å². The van der Waals surface area contributed by atoms with Crippen molar-refractivity contribution in [1.29, 1.82) is 0 Å². The molecule has 2 fully saturated rings. The average molecular weight is 475 g/mol. The summed E-state index contributed by atoms with van der Waals surface area (Å²) in [5, 5.41) is 0. The van der Waals surface area contributed by atoms with Gasteiger partial charge in [-0.1, -0.05) is 37.3 Å². The summed E-state index contributed by atoms with van der Waals surface area (Å²) in [5.41, 5.74) is 0.985. The first-order chi connectivity index (χ1) is 16.9. The van der Waals surface area contributed by atoms with E-state index >= 15 is 0 Å². The van der Waals surface area contributed by atoms with Gasteiger partial charge in [-0.05, 0) is 36.6 Å². The molecule has 0 N–H and O–H groups in total. The van der Waals surface area contributed by atoms with Crippen molar-refractivity contribution >= 4 is 35.1 Å². The number of imide groups is 1. The second kappa shape index (κ2) is 9.02. The van der Waals surface area contributed by atoms with Gasteiger partial charge in [-0.25, -0.2) is 4.90 Å². The van der Waals surface area contributed by atoms with E-state index in [0.717, 1.165) is 0 Å². The molecule has 5 rings (SSSR count). The fourth-order valence-electron chi connectivity index (χ4n) is 5.24. The van der Waals surface area contributed by atoms with Gasteiger partial charge >= 0.3 is 5.97 Å². The maximum absolute atomic E-state index is 13.1. The molecule has 8 nitrogen and oxygen atoms in total. The summed E-state index contributed by atoms with van der Waals surface area (Å²) < 4.78 is 10.9. The zero-order valence-electron chi connectivity index (χ0n) is 19.5. The molecular formula is C27H26N2O6. The number of allylic oxidation sites excluding steroid dienone is 2. The van der Waals surface area contributed by atoms with E-state index in [1.807, 2.05) is 25.1 Å². The molecule has 0 bridgehead atoms. The molecular weight excluding hydrogens is 448 g/mol. The molecule has 0 aromatic heterocycles. The number of amides is 3. The van der Waals surface area contributed by atoms with Crippen molar-refractivity contribution in [3.8, 4) is 11.5 Å². The molecule has 4 atom stereocenters. The highest BCUT2D eigenvalue weighted by atomic mass is 16.5. The lowest BCUT2D eigenvalue weighted by atomic mass is 9.78. The Balaban J connectivity index is 1.31. The Kier molecular flexibility index (Phi) is 5.88. The van der Waals surface area contributed by atoms with Gasteiger partial charge in [0.2, 0.25) is 17.7 Å². The second-order valence-corrected chi connectivity index (χ2v) is 9.16. The maximum Gasteiger partial charge on any atom is 0.316 e. The highest BCUT2D eigenvalue weighted by Gasteiger charge is 2.50. The van der Waals surface area contributed by atoms with Crippen molar-refractivity contribution in [1.82, 2.24) is 0 Å². The normalized spacial score (nSPS) is 25.7. The van der Waals surface area contributed by atoms with E-state index in [0.29, 0.717) is 23.5 Å². The minimum absolute atomic E-state index is 0.0118. The Labute approximate surface area is 203 Å². The predicted octanol–water partition coefficient (Wildman–Crippen LogP) is 3.36. The average Bonchev–Trinajstić information content (AvgIpc) is 3.37. The van der Waals surface area contributed by atoms with E-state index in [1.54, 1.807) is 36.4 Å². The van der Waals surface area contributed by atoms with Gasteiger partial charge in [0.05, 0.1) is 36.2 Å². The largest absolute Gasteiger partial charge is 0.495 e. The first-order valence-electron chi connectivity index (χ1n) is 11.7. The molecule has 3 aliphatic rings. The minimum atomic E-state index is -0.652. The number of hydrogen-bond donors (Lipinski definition) is 0. The number of methoxy groups -OCH3 is 1. The lowest BCUT2D eigenvalue weighted by Crippen LogP contribution is -2.31. The predicted molar refractivity (Wildman–Crippen MR) is 128 cm³/mol. The third kappa shape index (κ3) is 3.99. The summed E-state index contributed by atoms with van der Waals surface area (Å²) >= 11 is 0.